The van der Waals surface area contributed by atoms with Gasteiger partial charge in [-0.1, -0.05) is 49.0 Å². The fourth-order valence-corrected chi connectivity index (χ4v) is 5.49. The van der Waals surface area contributed by atoms with Gasteiger partial charge >= 0.3 is 6.09 Å². The number of alkyl carbamates (subject to hydrolysis) is 1. The number of ether oxygens (including phenoxy) is 1. The second-order valence-corrected chi connectivity index (χ2v) is 9.36. The van der Waals surface area contributed by atoms with Crippen LogP contribution < -0.4 is 16.0 Å². The third-order valence-electron chi connectivity index (χ3n) is 6.25. The molecule has 3 heterocycles. The van der Waals surface area contributed by atoms with Gasteiger partial charge < -0.3 is 20.7 Å². The summed E-state index contributed by atoms with van der Waals surface area (Å²) in [4.78, 5) is 30.6. The number of nitrogens with zero attached hydrogens (tertiary/aromatic N) is 4. The Labute approximate surface area is 201 Å². The van der Waals surface area contributed by atoms with Crippen LogP contribution in [0.5, 0.6) is 0 Å². The van der Waals surface area contributed by atoms with E-state index < -0.39 is 22.9 Å². The van der Waals surface area contributed by atoms with Crippen LogP contribution in [0, 0.1) is 22.7 Å². The number of amides is 2. The Morgan fingerprint density at radius 3 is 2.47 bits per heavy atom. The van der Waals surface area contributed by atoms with E-state index >= 15 is 0 Å². The summed E-state index contributed by atoms with van der Waals surface area (Å²) in [6, 6.07) is 13.5. The van der Waals surface area contributed by atoms with E-state index in [9.17, 15) is 20.1 Å². The highest BCUT2D eigenvalue weighted by atomic mass is 32.2. The first kappa shape index (κ1) is 23.4. The fraction of sp³-hybridized carbons (Fsp3) is 0.375. The Balaban J connectivity index is 1.72. The normalized spacial score (nSPS) is 17.4. The summed E-state index contributed by atoms with van der Waals surface area (Å²) >= 11 is 1.12. The highest BCUT2D eigenvalue weighted by Gasteiger charge is 2.43. The molecular formula is C24H24N6O3S. The number of anilines is 1. The van der Waals surface area contributed by atoms with E-state index in [1.54, 1.807) is 12.1 Å². The summed E-state index contributed by atoms with van der Waals surface area (Å²) in [5.74, 6) is -0.0643. The first-order chi connectivity index (χ1) is 16.4. The van der Waals surface area contributed by atoms with E-state index in [2.05, 4.69) is 17.5 Å². The number of primary amides is 1. The van der Waals surface area contributed by atoms with Crippen LogP contribution >= 0.6 is 11.8 Å². The monoisotopic (exact) mass is 476 g/mol. The van der Waals surface area contributed by atoms with E-state index in [0.29, 0.717) is 66.4 Å². The topological polar surface area (TPSA) is 145 Å². The van der Waals surface area contributed by atoms with Crippen LogP contribution in [-0.2, 0) is 16.0 Å². The maximum absolute atomic E-state index is 12.3. The molecular weight excluding hydrogens is 452 g/mol. The largest absolute Gasteiger partial charge is 0.441 e. The van der Waals surface area contributed by atoms with Gasteiger partial charge in [-0.25, -0.2) is 9.78 Å². The third-order valence-corrected chi connectivity index (χ3v) is 7.51. The summed E-state index contributed by atoms with van der Waals surface area (Å²) < 4.78 is 5.50. The number of hydrogen-bond acceptors (Lipinski definition) is 8. The standard InChI is InChI=1S/C24H24N6O3S/c1-2-16-17(12-25)21(30-10-8-24(9-11-30)14-28-23(32)33-24)29-22(18(16)13-26)34-19(20(27)31)15-6-4-3-5-7-15/h3-7,19H,2,8-11,14H2,1H3,(H2,27,31)(H,28,32). The number of piperidine rings is 1. The van der Waals surface area contributed by atoms with Crippen molar-refractivity contribution in [1.82, 2.24) is 10.3 Å². The summed E-state index contributed by atoms with van der Waals surface area (Å²) in [6.45, 7) is 3.42. The summed E-state index contributed by atoms with van der Waals surface area (Å²) in [5.41, 5.74) is 7.13. The minimum Gasteiger partial charge on any atom is -0.441 e. The molecule has 0 aliphatic carbocycles. The van der Waals surface area contributed by atoms with E-state index in [0.717, 1.165) is 11.8 Å². The zero-order valence-electron chi connectivity index (χ0n) is 18.7. The predicted molar refractivity (Wildman–Crippen MR) is 126 cm³/mol. The van der Waals surface area contributed by atoms with Crippen molar-refractivity contribution in [3.8, 4) is 12.1 Å². The van der Waals surface area contributed by atoms with Crippen molar-refractivity contribution in [3.63, 3.8) is 0 Å². The van der Waals surface area contributed by atoms with Crippen molar-refractivity contribution in [3.05, 3.63) is 52.6 Å². The molecule has 0 radical (unpaired) electrons. The lowest BCUT2D eigenvalue weighted by molar-refractivity contribution is -0.117. The van der Waals surface area contributed by atoms with Crippen LogP contribution in [0.25, 0.3) is 0 Å². The van der Waals surface area contributed by atoms with Crippen LogP contribution in [0.4, 0.5) is 10.6 Å². The minimum atomic E-state index is -0.736. The Hall–Kier alpha value is -3.76. The van der Waals surface area contributed by atoms with Gasteiger partial charge in [-0.3, -0.25) is 4.79 Å². The van der Waals surface area contributed by atoms with E-state index in [1.807, 2.05) is 30.0 Å². The number of carbonyl (C=O) groups is 2. The number of nitrogens with one attached hydrogen (secondary N) is 1. The average Bonchev–Trinajstić information content (AvgIpc) is 3.21. The van der Waals surface area contributed by atoms with Crippen LogP contribution in [0.3, 0.4) is 0 Å². The minimum absolute atomic E-state index is 0.289. The lowest BCUT2D eigenvalue weighted by Gasteiger charge is -2.38. The predicted octanol–water partition coefficient (Wildman–Crippen LogP) is 2.78. The summed E-state index contributed by atoms with van der Waals surface area (Å²) in [7, 11) is 0. The molecule has 1 aromatic carbocycles. The second-order valence-electron chi connectivity index (χ2n) is 8.27. The number of aromatic nitrogens is 1. The van der Waals surface area contributed by atoms with Gasteiger partial charge in [0.05, 0.1) is 17.7 Å². The summed E-state index contributed by atoms with van der Waals surface area (Å²) in [6.07, 6.45) is 1.24. The van der Waals surface area contributed by atoms with E-state index in [1.165, 1.54) is 0 Å². The van der Waals surface area contributed by atoms with Gasteiger partial charge in [0.1, 0.15) is 33.8 Å². The molecule has 1 spiro atoms. The Morgan fingerprint density at radius 1 is 1.26 bits per heavy atom. The highest BCUT2D eigenvalue weighted by molar-refractivity contribution is 8.00. The first-order valence-electron chi connectivity index (χ1n) is 11.0. The molecule has 2 saturated heterocycles. The molecule has 1 unspecified atom stereocenters. The maximum Gasteiger partial charge on any atom is 0.407 e. The number of nitrogens with two attached hydrogens (primary N) is 1. The number of benzene rings is 1. The van der Waals surface area contributed by atoms with Gasteiger partial charge in [-0.2, -0.15) is 10.5 Å². The Kier molecular flexibility index (Phi) is 6.62. The lowest BCUT2D eigenvalue weighted by Crippen LogP contribution is -2.47. The van der Waals surface area contributed by atoms with E-state index in [4.69, 9.17) is 15.5 Å². The Bertz CT molecular complexity index is 1200. The molecule has 2 amide bonds. The second kappa shape index (κ2) is 9.62. The third kappa shape index (κ3) is 4.37. The van der Waals surface area contributed by atoms with Gasteiger partial charge in [0.25, 0.3) is 0 Å². The van der Waals surface area contributed by atoms with E-state index in [-0.39, 0.29) is 5.56 Å². The molecule has 34 heavy (non-hydrogen) atoms. The van der Waals surface area contributed by atoms with Gasteiger partial charge in [0.15, 0.2) is 0 Å². The van der Waals surface area contributed by atoms with Crippen LogP contribution in [0.15, 0.2) is 35.4 Å². The number of rotatable bonds is 6. The molecule has 4 rings (SSSR count). The average molecular weight is 477 g/mol. The number of nitriles is 2. The van der Waals surface area contributed by atoms with Crippen molar-refractivity contribution < 1.29 is 14.3 Å². The molecule has 1 atom stereocenters. The number of pyridine rings is 1. The van der Waals surface area contributed by atoms with Crippen molar-refractivity contribution in [1.29, 1.82) is 10.5 Å². The zero-order chi connectivity index (χ0) is 24.3. The molecule has 174 valence electrons. The van der Waals surface area contributed by atoms with Crippen molar-refractivity contribution in [2.45, 2.75) is 42.1 Å². The molecule has 2 aromatic rings. The van der Waals surface area contributed by atoms with Crippen molar-refractivity contribution >= 4 is 29.6 Å². The molecule has 3 N–H and O–H groups in total. The molecule has 0 saturated carbocycles. The highest BCUT2D eigenvalue weighted by Crippen LogP contribution is 2.40. The van der Waals surface area contributed by atoms with Gasteiger partial charge in [-0.05, 0) is 17.5 Å². The molecule has 10 heteroatoms. The van der Waals surface area contributed by atoms with Gasteiger partial charge in [-0.15, -0.1) is 0 Å². The van der Waals surface area contributed by atoms with Crippen LogP contribution in [0.2, 0.25) is 0 Å². The van der Waals surface area contributed by atoms with Crippen LogP contribution in [-0.4, -0.2) is 42.2 Å². The lowest BCUT2D eigenvalue weighted by atomic mass is 9.91. The quantitative estimate of drug-likeness (QED) is 0.605. The van der Waals surface area contributed by atoms with Crippen molar-refractivity contribution in [2.75, 3.05) is 24.5 Å². The molecule has 2 fully saturated rings. The Morgan fingerprint density at radius 2 is 1.94 bits per heavy atom. The molecule has 2 aliphatic heterocycles. The fourth-order valence-electron chi connectivity index (χ4n) is 4.43. The molecule has 0 bridgehead atoms. The van der Waals surface area contributed by atoms with Crippen molar-refractivity contribution in [2.24, 2.45) is 5.73 Å². The number of hydrogen-bond donors (Lipinski definition) is 2. The molecule has 2 aliphatic rings. The maximum atomic E-state index is 12.3. The SMILES string of the molecule is CCc1c(C#N)c(SC(C(N)=O)c2ccccc2)nc(N2CCC3(CC2)CNC(=O)O3)c1C#N. The van der Waals surface area contributed by atoms with Gasteiger partial charge in [0, 0.05) is 25.9 Å². The summed E-state index contributed by atoms with van der Waals surface area (Å²) in [5, 5.41) is 22.3. The van der Waals surface area contributed by atoms with Gasteiger partial charge in [0.2, 0.25) is 5.91 Å². The zero-order valence-corrected chi connectivity index (χ0v) is 19.5. The molecule has 1 aromatic heterocycles. The molecule has 9 nitrogen and oxygen atoms in total. The number of carbonyl (C=O) groups excluding carboxylic acids is 2. The number of thioether (sulfide) groups is 1. The first-order valence-corrected chi connectivity index (χ1v) is 11.9. The smallest absolute Gasteiger partial charge is 0.407 e. The van der Waals surface area contributed by atoms with Crippen LogP contribution in [0.1, 0.15) is 47.3 Å².